The van der Waals surface area contributed by atoms with Crippen molar-refractivity contribution in [2.75, 3.05) is 14.2 Å². The van der Waals surface area contributed by atoms with E-state index in [-0.39, 0.29) is 24.0 Å². The summed E-state index contributed by atoms with van der Waals surface area (Å²) in [6.07, 6.45) is 2.67. The molecule has 0 aliphatic heterocycles. The number of carbonyl (C=O) groups excluding carboxylic acids is 3. The third kappa shape index (κ3) is 2.02. The van der Waals surface area contributed by atoms with Crippen molar-refractivity contribution in [2.45, 2.75) is 25.7 Å². The number of hydrogen-bond donors (Lipinski definition) is 0. The molecule has 0 aromatic carbocycles. The first kappa shape index (κ1) is 13.1. The zero-order valence-electron chi connectivity index (χ0n) is 10.7. The van der Waals surface area contributed by atoms with Crippen LogP contribution < -0.4 is 0 Å². The summed E-state index contributed by atoms with van der Waals surface area (Å²) < 4.78 is 9.51. The molecule has 5 heteroatoms. The van der Waals surface area contributed by atoms with Crippen molar-refractivity contribution >= 4 is 17.7 Å². The third-order valence-corrected chi connectivity index (χ3v) is 4.28. The van der Waals surface area contributed by atoms with E-state index < -0.39 is 23.8 Å². The highest BCUT2D eigenvalue weighted by molar-refractivity contribution is 5.92. The normalized spacial score (nSPS) is 34.9. The lowest BCUT2D eigenvalue weighted by atomic mass is 9.67. The number of fused-ring (bicyclic) bond motifs is 1. The van der Waals surface area contributed by atoms with E-state index in [1.54, 1.807) is 0 Å². The van der Waals surface area contributed by atoms with Gasteiger partial charge in [0.25, 0.3) is 0 Å². The van der Waals surface area contributed by atoms with Crippen LogP contribution in [0.4, 0.5) is 0 Å². The van der Waals surface area contributed by atoms with Crippen LogP contribution in [0.3, 0.4) is 0 Å². The molecule has 5 nitrogen and oxygen atoms in total. The number of hydrogen-bond acceptors (Lipinski definition) is 5. The molecule has 2 fully saturated rings. The molecule has 0 radical (unpaired) electrons. The molecular formula is C13H18O5. The minimum Gasteiger partial charge on any atom is -0.469 e. The van der Waals surface area contributed by atoms with Gasteiger partial charge in [-0.2, -0.15) is 0 Å². The molecule has 0 aromatic heterocycles. The summed E-state index contributed by atoms with van der Waals surface area (Å²) in [5.41, 5.74) is 0. The summed E-state index contributed by atoms with van der Waals surface area (Å²) in [7, 11) is 2.60. The first-order chi connectivity index (χ1) is 8.60. The van der Waals surface area contributed by atoms with Crippen LogP contribution in [0, 0.1) is 23.7 Å². The monoisotopic (exact) mass is 254 g/mol. The molecule has 2 aliphatic rings. The molecular weight excluding hydrogens is 236 g/mol. The summed E-state index contributed by atoms with van der Waals surface area (Å²) in [5.74, 6) is -2.10. The van der Waals surface area contributed by atoms with Crippen molar-refractivity contribution < 1.29 is 23.9 Å². The number of carbonyl (C=O) groups is 3. The Balaban J connectivity index is 2.30. The van der Waals surface area contributed by atoms with Crippen molar-refractivity contribution in [2.24, 2.45) is 23.7 Å². The maximum atomic E-state index is 12.0. The number of Topliss-reactive ketones (excluding diaryl/α,β-unsaturated/α-hetero) is 1. The van der Waals surface area contributed by atoms with Crippen molar-refractivity contribution in [3.8, 4) is 0 Å². The molecule has 0 bridgehead atoms. The Bertz CT molecular complexity index is 376. The van der Waals surface area contributed by atoms with Gasteiger partial charge in [-0.1, -0.05) is 6.42 Å². The minimum absolute atomic E-state index is 0.0530. The van der Waals surface area contributed by atoms with Gasteiger partial charge < -0.3 is 9.47 Å². The SMILES string of the molecule is COC(=O)[C@H]1[C@@H]2CCC[C@@H]2C(=O)C[C@H]1C(=O)OC. The fraction of sp³-hybridized carbons (Fsp3) is 0.769. The van der Waals surface area contributed by atoms with Crippen molar-refractivity contribution in [1.82, 2.24) is 0 Å². The summed E-state index contributed by atoms with van der Waals surface area (Å²) in [4.78, 5) is 35.7. The van der Waals surface area contributed by atoms with Crippen LogP contribution in [-0.4, -0.2) is 31.9 Å². The van der Waals surface area contributed by atoms with E-state index in [1.807, 2.05) is 0 Å². The van der Waals surface area contributed by atoms with E-state index in [9.17, 15) is 14.4 Å². The molecule has 0 spiro atoms. The molecule has 0 aromatic rings. The smallest absolute Gasteiger partial charge is 0.309 e. The van der Waals surface area contributed by atoms with Gasteiger partial charge in [0.15, 0.2) is 0 Å². The second-order valence-corrected chi connectivity index (χ2v) is 5.05. The van der Waals surface area contributed by atoms with Crippen molar-refractivity contribution in [3.63, 3.8) is 0 Å². The second-order valence-electron chi connectivity index (χ2n) is 5.05. The lowest BCUT2D eigenvalue weighted by molar-refractivity contribution is -0.165. The van der Waals surface area contributed by atoms with Crippen LogP contribution in [0.5, 0.6) is 0 Å². The molecule has 2 saturated carbocycles. The minimum atomic E-state index is -0.672. The highest BCUT2D eigenvalue weighted by Gasteiger charge is 2.52. The fourth-order valence-corrected chi connectivity index (χ4v) is 3.47. The Morgan fingerprint density at radius 3 is 2.39 bits per heavy atom. The number of ether oxygens (including phenoxy) is 2. The van der Waals surface area contributed by atoms with Crippen LogP contribution in [0.25, 0.3) is 0 Å². The maximum Gasteiger partial charge on any atom is 0.309 e. The van der Waals surface area contributed by atoms with E-state index in [0.717, 1.165) is 19.3 Å². The molecule has 0 amide bonds. The van der Waals surface area contributed by atoms with E-state index in [0.29, 0.717) is 0 Å². The summed E-state index contributed by atoms with van der Waals surface area (Å²) in [6, 6.07) is 0. The number of methoxy groups -OCH3 is 2. The van der Waals surface area contributed by atoms with Gasteiger partial charge in [0.05, 0.1) is 26.1 Å². The highest BCUT2D eigenvalue weighted by atomic mass is 16.5. The van der Waals surface area contributed by atoms with Gasteiger partial charge >= 0.3 is 11.9 Å². The molecule has 100 valence electrons. The van der Waals surface area contributed by atoms with E-state index >= 15 is 0 Å². The molecule has 0 unspecified atom stereocenters. The predicted octanol–water partition coefficient (Wildman–Crippen LogP) is 0.954. The van der Waals surface area contributed by atoms with Gasteiger partial charge in [-0.15, -0.1) is 0 Å². The third-order valence-electron chi connectivity index (χ3n) is 4.28. The summed E-state index contributed by atoms with van der Waals surface area (Å²) in [5, 5.41) is 0. The van der Waals surface area contributed by atoms with Crippen LogP contribution in [0.15, 0.2) is 0 Å². The Morgan fingerprint density at radius 2 is 1.78 bits per heavy atom. The van der Waals surface area contributed by atoms with Crippen molar-refractivity contribution in [1.29, 1.82) is 0 Å². The Morgan fingerprint density at radius 1 is 1.11 bits per heavy atom. The Kier molecular flexibility index (Phi) is 3.68. The van der Waals surface area contributed by atoms with Gasteiger partial charge in [0.1, 0.15) is 5.78 Å². The standard InChI is InChI=1S/C13H18O5/c1-17-12(15)9-6-10(14)7-4-3-5-8(7)11(9)13(16)18-2/h7-9,11H,3-6H2,1-2H3/t7-,8+,9+,11-/m0/s1. The first-order valence-corrected chi connectivity index (χ1v) is 6.28. The fourth-order valence-electron chi connectivity index (χ4n) is 3.47. The van der Waals surface area contributed by atoms with Crippen LogP contribution in [0.1, 0.15) is 25.7 Å². The lowest BCUT2D eigenvalue weighted by Gasteiger charge is -2.35. The van der Waals surface area contributed by atoms with Crippen LogP contribution >= 0.6 is 0 Å². The first-order valence-electron chi connectivity index (χ1n) is 6.28. The Labute approximate surface area is 106 Å². The summed E-state index contributed by atoms with van der Waals surface area (Å²) in [6.45, 7) is 0. The lowest BCUT2D eigenvalue weighted by Crippen LogP contribution is -2.45. The largest absolute Gasteiger partial charge is 0.469 e. The molecule has 0 heterocycles. The van der Waals surface area contributed by atoms with E-state index in [2.05, 4.69) is 0 Å². The van der Waals surface area contributed by atoms with Gasteiger partial charge in [-0.3, -0.25) is 14.4 Å². The topological polar surface area (TPSA) is 69.7 Å². The molecule has 18 heavy (non-hydrogen) atoms. The van der Waals surface area contributed by atoms with Gasteiger partial charge in [-0.05, 0) is 18.8 Å². The average molecular weight is 254 g/mol. The van der Waals surface area contributed by atoms with Gasteiger partial charge in [0, 0.05) is 12.3 Å². The maximum absolute atomic E-state index is 12.0. The quantitative estimate of drug-likeness (QED) is 0.686. The number of esters is 2. The summed E-state index contributed by atoms with van der Waals surface area (Å²) >= 11 is 0. The molecule has 4 atom stereocenters. The van der Waals surface area contributed by atoms with Crippen LogP contribution in [0.2, 0.25) is 0 Å². The predicted molar refractivity (Wildman–Crippen MR) is 61.5 cm³/mol. The van der Waals surface area contributed by atoms with Crippen molar-refractivity contribution in [3.05, 3.63) is 0 Å². The van der Waals surface area contributed by atoms with E-state index in [4.69, 9.17) is 9.47 Å². The molecule has 2 aliphatic carbocycles. The molecule has 0 saturated heterocycles. The highest BCUT2D eigenvalue weighted by Crippen LogP contribution is 2.46. The zero-order valence-corrected chi connectivity index (χ0v) is 10.7. The van der Waals surface area contributed by atoms with Gasteiger partial charge in [0.2, 0.25) is 0 Å². The van der Waals surface area contributed by atoms with Crippen LogP contribution in [-0.2, 0) is 23.9 Å². The van der Waals surface area contributed by atoms with E-state index in [1.165, 1.54) is 14.2 Å². The molecule has 2 rings (SSSR count). The Hall–Kier alpha value is -1.39. The van der Waals surface area contributed by atoms with Gasteiger partial charge in [-0.25, -0.2) is 0 Å². The number of rotatable bonds is 2. The number of ketones is 1. The molecule has 0 N–H and O–H groups in total. The second kappa shape index (κ2) is 5.08. The average Bonchev–Trinajstić information content (AvgIpc) is 2.86. The zero-order chi connectivity index (χ0) is 13.3.